The Morgan fingerprint density at radius 1 is 1.10 bits per heavy atom. The smallest absolute Gasteiger partial charge is 0.285 e. The number of morpholine rings is 1. The van der Waals surface area contributed by atoms with Crippen molar-refractivity contribution in [2.24, 2.45) is 0 Å². The van der Waals surface area contributed by atoms with E-state index < -0.39 is 0 Å². The Morgan fingerprint density at radius 2 is 1.87 bits per heavy atom. The highest BCUT2D eigenvalue weighted by molar-refractivity contribution is 5.82. The minimum Gasteiger partial charge on any atom is -0.497 e. The summed E-state index contributed by atoms with van der Waals surface area (Å²) in [6.07, 6.45) is 2.10. The van der Waals surface area contributed by atoms with Crippen LogP contribution in [0.25, 0.3) is 0 Å². The Labute approximate surface area is 178 Å². The average Bonchev–Trinajstić information content (AvgIpc) is 3.29. The fourth-order valence-corrected chi connectivity index (χ4v) is 4.80. The molecule has 6 nitrogen and oxygen atoms in total. The number of hydrogen-bond donors (Lipinski definition) is 1. The zero-order chi connectivity index (χ0) is 20.9. The zero-order valence-corrected chi connectivity index (χ0v) is 17.8. The molecule has 2 fully saturated rings. The van der Waals surface area contributed by atoms with Crippen molar-refractivity contribution >= 4 is 5.91 Å². The van der Waals surface area contributed by atoms with Crippen LogP contribution in [0.15, 0.2) is 48.5 Å². The Morgan fingerprint density at radius 3 is 2.57 bits per heavy atom. The molecule has 0 bridgehead atoms. The molecule has 0 aliphatic carbocycles. The van der Waals surface area contributed by atoms with Crippen molar-refractivity contribution in [3.05, 3.63) is 59.7 Å². The second-order valence-electron chi connectivity index (χ2n) is 7.91. The first-order chi connectivity index (χ1) is 14.7. The number of methoxy groups -OCH3 is 2. The molecule has 2 aliphatic heterocycles. The van der Waals surface area contributed by atoms with E-state index in [4.69, 9.17) is 14.2 Å². The molecule has 1 unspecified atom stereocenters. The van der Waals surface area contributed by atoms with Gasteiger partial charge in [-0.05, 0) is 12.1 Å². The fraction of sp³-hybridized carbons (Fsp3) is 0.458. The largest absolute Gasteiger partial charge is 0.497 e. The van der Waals surface area contributed by atoms with Gasteiger partial charge in [-0.3, -0.25) is 4.79 Å². The average molecular weight is 412 g/mol. The summed E-state index contributed by atoms with van der Waals surface area (Å²) in [4.78, 5) is 17.0. The van der Waals surface area contributed by atoms with E-state index >= 15 is 0 Å². The van der Waals surface area contributed by atoms with Gasteiger partial charge in [0.15, 0.2) is 6.04 Å². The van der Waals surface area contributed by atoms with Crippen molar-refractivity contribution in [1.29, 1.82) is 0 Å². The molecule has 2 aliphatic rings. The molecule has 2 saturated heterocycles. The summed E-state index contributed by atoms with van der Waals surface area (Å²) in [6.45, 7) is 3.49. The Kier molecular flexibility index (Phi) is 6.55. The lowest BCUT2D eigenvalue weighted by Gasteiger charge is -2.35. The van der Waals surface area contributed by atoms with E-state index in [-0.39, 0.29) is 18.0 Å². The van der Waals surface area contributed by atoms with Crippen LogP contribution in [0.4, 0.5) is 0 Å². The van der Waals surface area contributed by atoms with Crippen LogP contribution in [-0.4, -0.2) is 57.9 Å². The molecule has 160 valence electrons. The molecule has 1 amide bonds. The first-order valence-corrected chi connectivity index (χ1v) is 10.7. The number of amides is 1. The summed E-state index contributed by atoms with van der Waals surface area (Å²) < 4.78 is 16.6. The van der Waals surface area contributed by atoms with Gasteiger partial charge in [-0.25, -0.2) is 0 Å². The quantitative estimate of drug-likeness (QED) is 0.790. The number of likely N-dealkylation sites (tertiary alicyclic amines) is 1. The predicted octanol–water partition coefficient (Wildman–Crippen LogP) is 2.02. The Balaban J connectivity index is 1.70. The van der Waals surface area contributed by atoms with Gasteiger partial charge in [0, 0.05) is 37.6 Å². The van der Waals surface area contributed by atoms with Gasteiger partial charge in [0.1, 0.15) is 17.5 Å². The molecule has 0 saturated carbocycles. The number of rotatable bonds is 6. The third-order valence-corrected chi connectivity index (χ3v) is 6.30. The van der Waals surface area contributed by atoms with Gasteiger partial charge in [-0.2, -0.15) is 0 Å². The second kappa shape index (κ2) is 9.49. The number of benzene rings is 2. The SMILES string of the molecule is COc1ccc([C@H]2CCC[NH+]2[C@H](C(=O)N2CCOCC2)c2ccccc2)c(OC)c1. The van der Waals surface area contributed by atoms with Crippen LogP contribution in [0.2, 0.25) is 0 Å². The van der Waals surface area contributed by atoms with Crippen LogP contribution in [0, 0.1) is 0 Å². The molecule has 2 heterocycles. The molecule has 4 rings (SSSR count). The van der Waals surface area contributed by atoms with Gasteiger partial charge in [-0.1, -0.05) is 30.3 Å². The topological polar surface area (TPSA) is 52.4 Å². The summed E-state index contributed by atoms with van der Waals surface area (Å²) in [5.74, 6) is 1.79. The lowest BCUT2D eigenvalue weighted by atomic mass is 9.98. The van der Waals surface area contributed by atoms with E-state index in [1.165, 1.54) is 4.90 Å². The molecule has 2 aromatic rings. The van der Waals surface area contributed by atoms with Gasteiger partial charge >= 0.3 is 0 Å². The van der Waals surface area contributed by atoms with Crippen molar-refractivity contribution in [2.75, 3.05) is 47.1 Å². The summed E-state index contributed by atoms with van der Waals surface area (Å²) in [7, 11) is 3.36. The molecule has 3 atom stereocenters. The van der Waals surface area contributed by atoms with Gasteiger partial charge in [0.05, 0.1) is 39.5 Å². The maximum Gasteiger partial charge on any atom is 0.285 e. The monoisotopic (exact) mass is 411 g/mol. The molecule has 2 aromatic carbocycles. The van der Waals surface area contributed by atoms with E-state index in [2.05, 4.69) is 18.2 Å². The number of nitrogens with one attached hydrogen (secondary N) is 1. The number of nitrogens with zero attached hydrogens (tertiary/aromatic N) is 1. The number of ether oxygens (including phenoxy) is 3. The van der Waals surface area contributed by atoms with Crippen LogP contribution >= 0.6 is 0 Å². The van der Waals surface area contributed by atoms with Crippen LogP contribution in [0.3, 0.4) is 0 Å². The predicted molar refractivity (Wildman–Crippen MR) is 114 cm³/mol. The number of carbonyl (C=O) groups excluding carboxylic acids is 1. The molecule has 30 heavy (non-hydrogen) atoms. The number of carbonyl (C=O) groups is 1. The molecular weight excluding hydrogens is 380 g/mol. The van der Waals surface area contributed by atoms with E-state index in [0.29, 0.717) is 26.3 Å². The van der Waals surface area contributed by atoms with Gasteiger partial charge in [0.25, 0.3) is 5.91 Å². The normalized spacial score (nSPS) is 22.5. The lowest BCUT2D eigenvalue weighted by Crippen LogP contribution is -3.11. The van der Waals surface area contributed by atoms with Crippen LogP contribution < -0.4 is 14.4 Å². The molecule has 0 spiro atoms. The number of quaternary nitrogens is 1. The minimum absolute atomic E-state index is 0.193. The highest BCUT2D eigenvalue weighted by Crippen LogP contribution is 2.33. The van der Waals surface area contributed by atoms with E-state index in [9.17, 15) is 4.79 Å². The van der Waals surface area contributed by atoms with Crippen LogP contribution in [0.1, 0.15) is 36.1 Å². The van der Waals surface area contributed by atoms with Crippen molar-refractivity contribution in [3.8, 4) is 11.5 Å². The Hall–Kier alpha value is -2.57. The van der Waals surface area contributed by atoms with Gasteiger partial charge in [0.2, 0.25) is 0 Å². The summed E-state index contributed by atoms with van der Waals surface area (Å²) in [6, 6.07) is 16.2. The van der Waals surface area contributed by atoms with E-state index in [1.54, 1.807) is 14.2 Å². The first-order valence-electron chi connectivity index (χ1n) is 10.7. The maximum absolute atomic E-state index is 13.7. The molecular formula is C24H31N2O4+. The van der Waals surface area contributed by atoms with Crippen LogP contribution in [0.5, 0.6) is 11.5 Å². The van der Waals surface area contributed by atoms with E-state index in [0.717, 1.165) is 42.0 Å². The van der Waals surface area contributed by atoms with Gasteiger partial charge in [-0.15, -0.1) is 0 Å². The third kappa shape index (κ3) is 4.16. The zero-order valence-electron chi connectivity index (χ0n) is 17.8. The molecule has 6 heteroatoms. The number of hydrogen-bond acceptors (Lipinski definition) is 4. The maximum atomic E-state index is 13.7. The highest BCUT2D eigenvalue weighted by Gasteiger charge is 2.43. The van der Waals surface area contributed by atoms with Crippen molar-refractivity contribution in [3.63, 3.8) is 0 Å². The van der Waals surface area contributed by atoms with E-state index in [1.807, 2.05) is 35.2 Å². The fourth-order valence-electron chi connectivity index (χ4n) is 4.80. The Bertz CT molecular complexity index is 852. The third-order valence-electron chi connectivity index (χ3n) is 6.30. The summed E-state index contributed by atoms with van der Waals surface area (Å²) in [5, 5.41) is 0. The molecule has 1 N–H and O–H groups in total. The summed E-state index contributed by atoms with van der Waals surface area (Å²) in [5.41, 5.74) is 2.21. The standard InChI is InChI=1S/C24H30N2O4/c1-28-19-10-11-20(22(17-19)29-2)21-9-6-12-26(21)23(18-7-4-3-5-8-18)24(27)25-13-15-30-16-14-25/h3-5,7-8,10-11,17,21,23H,6,9,12-16H2,1-2H3/p+1/t21-,23+/m1/s1. The molecule has 0 aromatic heterocycles. The van der Waals surface area contributed by atoms with Crippen molar-refractivity contribution < 1.29 is 23.9 Å². The molecule has 0 radical (unpaired) electrons. The van der Waals surface area contributed by atoms with Crippen LogP contribution in [-0.2, 0) is 9.53 Å². The summed E-state index contributed by atoms with van der Waals surface area (Å²) >= 11 is 0. The van der Waals surface area contributed by atoms with Crippen molar-refractivity contribution in [2.45, 2.75) is 24.9 Å². The lowest BCUT2D eigenvalue weighted by molar-refractivity contribution is -0.940. The first kappa shape index (κ1) is 20.7. The van der Waals surface area contributed by atoms with Crippen molar-refractivity contribution in [1.82, 2.24) is 4.90 Å². The highest BCUT2D eigenvalue weighted by atomic mass is 16.5. The van der Waals surface area contributed by atoms with Gasteiger partial charge < -0.3 is 24.0 Å². The minimum atomic E-state index is -0.233. The second-order valence-corrected chi connectivity index (χ2v) is 7.91.